The van der Waals surface area contributed by atoms with E-state index < -0.39 is 0 Å². The number of piperidine rings is 1. The molecule has 0 unspecified atom stereocenters. The summed E-state index contributed by atoms with van der Waals surface area (Å²) < 4.78 is 5.45. The summed E-state index contributed by atoms with van der Waals surface area (Å²) in [4.78, 5) is 13.8. The Labute approximate surface area is 130 Å². The van der Waals surface area contributed by atoms with Crippen LogP contribution in [-0.4, -0.2) is 31.0 Å². The number of carbonyl (C=O) groups excluding carboxylic acids is 1. The lowest BCUT2D eigenvalue weighted by Gasteiger charge is -2.31. The van der Waals surface area contributed by atoms with Crippen LogP contribution in [0.3, 0.4) is 0 Å². The van der Waals surface area contributed by atoms with Gasteiger partial charge < -0.3 is 10.5 Å². The highest BCUT2D eigenvalue weighted by molar-refractivity contribution is 5.91. The van der Waals surface area contributed by atoms with Gasteiger partial charge in [0.1, 0.15) is 5.75 Å². The van der Waals surface area contributed by atoms with Crippen molar-refractivity contribution < 1.29 is 9.53 Å². The van der Waals surface area contributed by atoms with E-state index in [1.54, 1.807) is 7.11 Å². The number of benzene rings is 2. The average molecular weight is 298 g/mol. The largest absolute Gasteiger partial charge is 0.496 e. The molecule has 116 valence electrons. The first-order valence-electron chi connectivity index (χ1n) is 7.75. The van der Waals surface area contributed by atoms with Crippen LogP contribution in [0.25, 0.3) is 10.8 Å². The van der Waals surface area contributed by atoms with Crippen LogP contribution in [0.2, 0.25) is 0 Å². The number of ether oxygens (including phenoxy) is 1. The summed E-state index contributed by atoms with van der Waals surface area (Å²) in [5, 5.41) is 2.34. The summed E-state index contributed by atoms with van der Waals surface area (Å²) in [7, 11) is 1.70. The fourth-order valence-corrected chi connectivity index (χ4v) is 3.32. The van der Waals surface area contributed by atoms with Gasteiger partial charge in [-0.15, -0.1) is 0 Å². The van der Waals surface area contributed by atoms with Crippen molar-refractivity contribution in [3.05, 3.63) is 42.0 Å². The fraction of sp³-hybridized carbons (Fsp3) is 0.389. The van der Waals surface area contributed by atoms with Gasteiger partial charge in [-0.1, -0.05) is 30.3 Å². The quantitative estimate of drug-likeness (QED) is 0.943. The Hall–Kier alpha value is -2.07. The standard InChI is InChI=1S/C18H22N2O2/c1-22-17-9-8-13(15-6-2-3-7-16(15)17)11-20-10-4-5-14(12-20)18(19)21/h2-3,6-9,14H,4-5,10-12H2,1H3,(H2,19,21)/t14-/m0/s1. The highest BCUT2D eigenvalue weighted by atomic mass is 16.5. The van der Waals surface area contributed by atoms with Crippen molar-refractivity contribution in [2.75, 3.05) is 20.2 Å². The number of hydrogen-bond acceptors (Lipinski definition) is 3. The van der Waals surface area contributed by atoms with Gasteiger partial charge in [0.2, 0.25) is 5.91 Å². The minimum atomic E-state index is -0.177. The molecule has 2 aromatic rings. The second-order valence-corrected chi connectivity index (χ2v) is 5.95. The summed E-state index contributed by atoms with van der Waals surface area (Å²) >= 11 is 0. The molecule has 1 heterocycles. The minimum absolute atomic E-state index is 0.0155. The molecular weight excluding hydrogens is 276 g/mol. The Bertz CT molecular complexity index is 684. The predicted octanol–water partition coefficient (Wildman–Crippen LogP) is 2.55. The van der Waals surface area contributed by atoms with Crippen molar-refractivity contribution in [2.24, 2.45) is 11.7 Å². The lowest BCUT2D eigenvalue weighted by Crippen LogP contribution is -2.40. The van der Waals surface area contributed by atoms with Gasteiger partial charge in [0.25, 0.3) is 0 Å². The van der Waals surface area contributed by atoms with Crippen LogP contribution in [0.4, 0.5) is 0 Å². The molecule has 1 saturated heterocycles. The van der Waals surface area contributed by atoms with E-state index in [9.17, 15) is 4.79 Å². The van der Waals surface area contributed by atoms with Gasteiger partial charge >= 0.3 is 0 Å². The van der Waals surface area contributed by atoms with Crippen molar-refractivity contribution in [3.8, 4) is 5.75 Å². The molecule has 1 aliphatic rings. The molecule has 1 atom stereocenters. The topological polar surface area (TPSA) is 55.6 Å². The van der Waals surface area contributed by atoms with Crippen LogP contribution < -0.4 is 10.5 Å². The number of nitrogens with zero attached hydrogens (tertiary/aromatic N) is 1. The summed E-state index contributed by atoms with van der Waals surface area (Å²) in [6.07, 6.45) is 1.94. The fourth-order valence-electron chi connectivity index (χ4n) is 3.32. The molecule has 0 spiro atoms. The molecule has 0 bridgehead atoms. The zero-order valence-electron chi connectivity index (χ0n) is 12.9. The molecule has 1 aliphatic heterocycles. The SMILES string of the molecule is COc1ccc(CN2CCC[C@H](C(N)=O)C2)c2ccccc12. The zero-order valence-corrected chi connectivity index (χ0v) is 12.9. The molecule has 1 fully saturated rings. The smallest absolute Gasteiger partial charge is 0.221 e. The van der Waals surface area contributed by atoms with E-state index in [0.29, 0.717) is 0 Å². The highest BCUT2D eigenvalue weighted by Crippen LogP contribution is 2.29. The third-order valence-corrected chi connectivity index (χ3v) is 4.50. The number of amides is 1. The third-order valence-electron chi connectivity index (χ3n) is 4.50. The minimum Gasteiger partial charge on any atom is -0.496 e. The molecule has 3 rings (SSSR count). The Kier molecular flexibility index (Phi) is 4.29. The number of rotatable bonds is 4. The van der Waals surface area contributed by atoms with E-state index in [0.717, 1.165) is 43.6 Å². The molecule has 4 heteroatoms. The van der Waals surface area contributed by atoms with Crippen LogP contribution in [0.1, 0.15) is 18.4 Å². The number of nitrogens with two attached hydrogens (primary N) is 1. The highest BCUT2D eigenvalue weighted by Gasteiger charge is 2.24. The Morgan fingerprint density at radius 3 is 2.77 bits per heavy atom. The van der Waals surface area contributed by atoms with Gasteiger partial charge in [-0.25, -0.2) is 0 Å². The number of hydrogen-bond donors (Lipinski definition) is 1. The number of primary amides is 1. The van der Waals surface area contributed by atoms with E-state index in [-0.39, 0.29) is 11.8 Å². The van der Waals surface area contributed by atoms with E-state index in [2.05, 4.69) is 23.1 Å². The van der Waals surface area contributed by atoms with Crippen LogP contribution in [0.5, 0.6) is 5.75 Å². The number of likely N-dealkylation sites (tertiary alicyclic amines) is 1. The normalized spacial score (nSPS) is 19.2. The number of methoxy groups -OCH3 is 1. The van der Waals surface area contributed by atoms with Gasteiger partial charge in [0.15, 0.2) is 0 Å². The van der Waals surface area contributed by atoms with Crippen LogP contribution in [-0.2, 0) is 11.3 Å². The summed E-state index contributed by atoms with van der Waals surface area (Å²) in [6, 6.07) is 12.4. The maximum atomic E-state index is 11.4. The van der Waals surface area contributed by atoms with Gasteiger partial charge in [0, 0.05) is 18.5 Å². The third kappa shape index (κ3) is 2.92. The van der Waals surface area contributed by atoms with Crippen LogP contribution >= 0.6 is 0 Å². The Balaban J connectivity index is 1.86. The second-order valence-electron chi connectivity index (χ2n) is 5.95. The molecule has 22 heavy (non-hydrogen) atoms. The first kappa shape index (κ1) is 14.9. The molecule has 2 N–H and O–H groups in total. The van der Waals surface area contributed by atoms with E-state index in [1.807, 2.05) is 18.2 Å². The van der Waals surface area contributed by atoms with Gasteiger partial charge in [0.05, 0.1) is 13.0 Å². The molecule has 4 nitrogen and oxygen atoms in total. The van der Waals surface area contributed by atoms with Gasteiger partial charge in [-0.3, -0.25) is 9.69 Å². The number of carbonyl (C=O) groups is 1. The van der Waals surface area contributed by atoms with Crippen LogP contribution in [0, 0.1) is 5.92 Å². The lowest BCUT2D eigenvalue weighted by atomic mass is 9.96. The average Bonchev–Trinajstić information content (AvgIpc) is 2.55. The monoisotopic (exact) mass is 298 g/mol. The van der Waals surface area contributed by atoms with Crippen LogP contribution in [0.15, 0.2) is 36.4 Å². The predicted molar refractivity (Wildman–Crippen MR) is 87.7 cm³/mol. The summed E-state index contributed by atoms with van der Waals surface area (Å²) in [6.45, 7) is 2.62. The van der Waals surface area contributed by atoms with E-state index in [4.69, 9.17) is 10.5 Å². The van der Waals surface area contributed by atoms with Crippen molar-refractivity contribution >= 4 is 16.7 Å². The summed E-state index contributed by atoms with van der Waals surface area (Å²) in [5.74, 6) is 0.704. The first-order chi connectivity index (χ1) is 10.7. The molecule has 0 saturated carbocycles. The number of fused-ring (bicyclic) bond motifs is 1. The van der Waals surface area contributed by atoms with Crippen molar-refractivity contribution in [2.45, 2.75) is 19.4 Å². The Morgan fingerprint density at radius 2 is 2.05 bits per heavy atom. The maximum Gasteiger partial charge on any atom is 0.221 e. The molecule has 1 amide bonds. The molecule has 0 radical (unpaired) electrons. The zero-order chi connectivity index (χ0) is 15.5. The van der Waals surface area contributed by atoms with Crippen molar-refractivity contribution in [1.29, 1.82) is 0 Å². The van der Waals surface area contributed by atoms with Gasteiger partial charge in [-0.05, 0) is 36.4 Å². The molecule has 2 aromatic carbocycles. The van der Waals surface area contributed by atoms with E-state index >= 15 is 0 Å². The van der Waals surface area contributed by atoms with E-state index in [1.165, 1.54) is 10.9 Å². The lowest BCUT2D eigenvalue weighted by molar-refractivity contribution is -0.123. The summed E-state index contributed by atoms with van der Waals surface area (Å²) in [5.41, 5.74) is 6.73. The molecule has 0 aliphatic carbocycles. The molecule has 0 aromatic heterocycles. The van der Waals surface area contributed by atoms with Crippen molar-refractivity contribution in [1.82, 2.24) is 4.90 Å². The molecular formula is C18H22N2O2. The maximum absolute atomic E-state index is 11.4. The van der Waals surface area contributed by atoms with Crippen molar-refractivity contribution in [3.63, 3.8) is 0 Å². The second kappa shape index (κ2) is 6.36. The van der Waals surface area contributed by atoms with Gasteiger partial charge in [-0.2, -0.15) is 0 Å². The Morgan fingerprint density at radius 1 is 1.27 bits per heavy atom. The first-order valence-corrected chi connectivity index (χ1v) is 7.75.